The third-order valence-corrected chi connectivity index (χ3v) is 5.64. The number of methoxy groups -OCH3 is 2. The summed E-state index contributed by atoms with van der Waals surface area (Å²) in [5.41, 5.74) is -0.715. The van der Waals surface area contributed by atoms with Gasteiger partial charge in [-0.2, -0.15) is 13.4 Å². The van der Waals surface area contributed by atoms with Crippen LogP contribution in [0.1, 0.15) is 24.6 Å². The number of carbonyl (C=O) groups is 2. The van der Waals surface area contributed by atoms with Crippen molar-refractivity contribution >= 4 is 21.9 Å². The molecule has 0 radical (unpaired) electrons. The Morgan fingerprint density at radius 2 is 2.04 bits per heavy atom. The van der Waals surface area contributed by atoms with Crippen LogP contribution in [0.25, 0.3) is 0 Å². The topological polar surface area (TPSA) is 122 Å². The average Bonchev–Trinajstić information content (AvgIpc) is 2.58. The molecule has 1 saturated carbocycles. The fourth-order valence-corrected chi connectivity index (χ4v) is 4.79. The van der Waals surface area contributed by atoms with Crippen LogP contribution in [0.5, 0.6) is 6.01 Å². The molecule has 2 aliphatic rings. The molecule has 142 valence electrons. The Labute approximate surface area is 151 Å². The van der Waals surface area contributed by atoms with E-state index in [1.54, 1.807) is 6.92 Å². The molecule has 3 rings (SSSR count). The summed E-state index contributed by atoms with van der Waals surface area (Å²) in [5.74, 6) is -2.33. The first kappa shape index (κ1) is 18.7. The van der Waals surface area contributed by atoms with Crippen LogP contribution in [0.2, 0.25) is 0 Å². The van der Waals surface area contributed by atoms with Crippen molar-refractivity contribution in [2.75, 3.05) is 20.5 Å². The maximum Gasteiger partial charge on any atom is 0.324 e. The molecule has 2 unspecified atom stereocenters. The summed E-state index contributed by atoms with van der Waals surface area (Å²) < 4.78 is 38.5. The normalized spacial score (nSPS) is 30.5. The van der Waals surface area contributed by atoms with E-state index in [-0.39, 0.29) is 24.8 Å². The van der Waals surface area contributed by atoms with Gasteiger partial charge in [0.15, 0.2) is 11.2 Å². The van der Waals surface area contributed by atoms with Crippen LogP contribution >= 0.6 is 0 Å². The zero-order valence-corrected chi connectivity index (χ0v) is 15.7. The largest absolute Gasteiger partial charge is 0.468 e. The number of rotatable bonds is 4. The smallest absolute Gasteiger partial charge is 0.324 e. The van der Waals surface area contributed by atoms with Crippen molar-refractivity contribution in [3.63, 3.8) is 0 Å². The van der Waals surface area contributed by atoms with E-state index < -0.39 is 39.3 Å². The quantitative estimate of drug-likeness (QED) is 0.402. The molecule has 1 fully saturated rings. The molecule has 2 bridgehead atoms. The Morgan fingerprint density at radius 1 is 1.35 bits per heavy atom. The van der Waals surface area contributed by atoms with Crippen LogP contribution in [-0.4, -0.2) is 56.7 Å². The van der Waals surface area contributed by atoms with E-state index >= 15 is 0 Å². The van der Waals surface area contributed by atoms with Crippen LogP contribution in [-0.2, 0) is 40.5 Å². The summed E-state index contributed by atoms with van der Waals surface area (Å²) in [6.07, 6.45) is 1.67. The second kappa shape index (κ2) is 6.27. The van der Waals surface area contributed by atoms with E-state index in [9.17, 15) is 18.0 Å². The van der Waals surface area contributed by atoms with Gasteiger partial charge in [0, 0.05) is 18.2 Å². The molecule has 1 heterocycles. The van der Waals surface area contributed by atoms with E-state index in [1.807, 2.05) is 0 Å². The number of ether oxygens (including phenoxy) is 2. The maximum atomic E-state index is 13.2. The summed E-state index contributed by atoms with van der Waals surface area (Å²) in [6.45, 7) is 1.75. The Kier molecular flexibility index (Phi) is 4.51. The van der Waals surface area contributed by atoms with Crippen LogP contribution in [0, 0.1) is 11.8 Å². The Bertz CT molecular complexity index is 869. The van der Waals surface area contributed by atoms with Crippen molar-refractivity contribution in [3.05, 3.63) is 17.5 Å². The second-order valence-corrected chi connectivity index (χ2v) is 8.34. The maximum absolute atomic E-state index is 13.2. The second-order valence-electron chi connectivity index (χ2n) is 6.74. The number of hydrogen-bond donors (Lipinski definition) is 0. The number of ketones is 1. The molecule has 0 spiro atoms. The van der Waals surface area contributed by atoms with E-state index in [0.717, 1.165) is 6.26 Å². The lowest BCUT2D eigenvalue weighted by Gasteiger charge is -2.47. The minimum Gasteiger partial charge on any atom is -0.468 e. The molecule has 1 aromatic rings. The highest BCUT2D eigenvalue weighted by Gasteiger charge is 2.62. The summed E-state index contributed by atoms with van der Waals surface area (Å²) >= 11 is 0. The number of aromatic nitrogens is 2. The monoisotopic (exact) mass is 384 g/mol. The third-order valence-electron chi connectivity index (χ3n) is 5.06. The summed E-state index contributed by atoms with van der Waals surface area (Å²) in [6, 6.07) is 0.102. The molecule has 10 heteroatoms. The average molecular weight is 384 g/mol. The zero-order valence-electron chi connectivity index (χ0n) is 14.9. The fraction of sp³-hybridized carbons (Fsp3) is 0.625. The first-order valence-electron chi connectivity index (χ1n) is 8.05. The van der Waals surface area contributed by atoms with E-state index in [4.69, 9.17) is 13.7 Å². The molecular formula is C16H20N2O7S. The van der Waals surface area contributed by atoms with Crippen molar-refractivity contribution < 1.29 is 31.7 Å². The van der Waals surface area contributed by atoms with Gasteiger partial charge >= 0.3 is 12.0 Å². The molecule has 0 amide bonds. The summed E-state index contributed by atoms with van der Waals surface area (Å²) in [5, 5.41) is 0. The number of carbonyl (C=O) groups excluding carboxylic acids is 2. The summed E-state index contributed by atoms with van der Waals surface area (Å²) in [7, 11) is -1.16. The standard InChI is InChI=1S/C16H20N2O7S/c1-8-6-16(14(20)23-2)10-7-17-15(24-3)18-11(10)5-9(13(16)19)12(8)25-26(4,21)22/h7-9,12H,5-6H2,1-4H3/t8?,9-,12?,16+/m1/s1. The van der Waals surface area contributed by atoms with Crippen molar-refractivity contribution in [2.45, 2.75) is 31.3 Å². The van der Waals surface area contributed by atoms with E-state index in [2.05, 4.69) is 9.97 Å². The minimum atomic E-state index is -3.78. The first-order valence-corrected chi connectivity index (χ1v) is 9.87. The van der Waals surface area contributed by atoms with Crippen LogP contribution in [0.4, 0.5) is 0 Å². The van der Waals surface area contributed by atoms with Gasteiger partial charge in [0.25, 0.3) is 10.1 Å². The zero-order chi connectivity index (χ0) is 19.3. The Hall–Kier alpha value is -2.07. The fourth-order valence-electron chi connectivity index (χ4n) is 4.06. The SMILES string of the molecule is COC(=O)[C@@]12CC(C)C(OS(C)(=O)=O)[C@@H](Cc3nc(OC)ncc31)C2=O. The lowest BCUT2D eigenvalue weighted by Crippen LogP contribution is -2.61. The number of fused-ring (bicyclic) bond motifs is 4. The van der Waals surface area contributed by atoms with E-state index in [1.165, 1.54) is 20.4 Å². The van der Waals surface area contributed by atoms with Gasteiger partial charge < -0.3 is 9.47 Å². The van der Waals surface area contributed by atoms with Crippen LogP contribution < -0.4 is 4.74 Å². The van der Waals surface area contributed by atoms with Gasteiger partial charge in [-0.05, 0) is 12.3 Å². The number of hydrogen-bond acceptors (Lipinski definition) is 9. The lowest BCUT2D eigenvalue weighted by atomic mass is 9.56. The highest BCUT2D eigenvalue weighted by Crippen LogP contribution is 2.49. The van der Waals surface area contributed by atoms with Gasteiger partial charge in [-0.15, -0.1) is 0 Å². The van der Waals surface area contributed by atoms with E-state index in [0.29, 0.717) is 11.3 Å². The number of Topliss-reactive ketones (excluding diaryl/α,β-unsaturated/α-hetero) is 1. The van der Waals surface area contributed by atoms with Crippen molar-refractivity contribution in [1.29, 1.82) is 0 Å². The molecule has 0 saturated heterocycles. The highest BCUT2D eigenvalue weighted by atomic mass is 32.2. The first-order chi connectivity index (χ1) is 12.1. The van der Waals surface area contributed by atoms with Gasteiger partial charge in [-0.3, -0.25) is 13.8 Å². The predicted molar refractivity (Wildman–Crippen MR) is 88.0 cm³/mol. The third kappa shape index (κ3) is 2.77. The molecule has 0 N–H and O–H groups in total. The predicted octanol–water partition coefficient (Wildman–Crippen LogP) is 0.0220. The number of nitrogens with zero attached hydrogens (tertiary/aromatic N) is 2. The van der Waals surface area contributed by atoms with Gasteiger partial charge in [0.1, 0.15) is 0 Å². The molecule has 1 aromatic heterocycles. The molecule has 9 nitrogen and oxygen atoms in total. The molecular weight excluding hydrogens is 364 g/mol. The van der Waals surface area contributed by atoms with Gasteiger partial charge in [0.2, 0.25) is 0 Å². The minimum absolute atomic E-state index is 0.0535. The van der Waals surface area contributed by atoms with Crippen molar-refractivity contribution in [2.24, 2.45) is 11.8 Å². The van der Waals surface area contributed by atoms with Crippen LogP contribution in [0.15, 0.2) is 6.20 Å². The highest BCUT2D eigenvalue weighted by molar-refractivity contribution is 7.86. The molecule has 26 heavy (non-hydrogen) atoms. The molecule has 4 atom stereocenters. The lowest BCUT2D eigenvalue weighted by molar-refractivity contribution is -0.160. The Morgan fingerprint density at radius 3 is 2.62 bits per heavy atom. The molecule has 0 aromatic carbocycles. The molecule has 2 aliphatic carbocycles. The Balaban J connectivity index is 2.19. The van der Waals surface area contributed by atoms with Crippen molar-refractivity contribution in [3.8, 4) is 6.01 Å². The van der Waals surface area contributed by atoms with Gasteiger partial charge in [0.05, 0.1) is 38.2 Å². The number of esters is 1. The van der Waals surface area contributed by atoms with Crippen molar-refractivity contribution in [1.82, 2.24) is 9.97 Å². The van der Waals surface area contributed by atoms with Crippen LogP contribution in [0.3, 0.4) is 0 Å². The van der Waals surface area contributed by atoms with Gasteiger partial charge in [-0.1, -0.05) is 6.92 Å². The van der Waals surface area contributed by atoms with Gasteiger partial charge in [-0.25, -0.2) is 4.98 Å². The summed E-state index contributed by atoms with van der Waals surface area (Å²) in [4.78, 5) is 34.2. The molecule has 0 aliphatic heterocycles.